The monoisotopic (exact) mass is 301 g/mol. The molecule has 1 unspecified atom stereocenters. The molecule has 0 saturated heterocycles. The summed E-state index contributed by atoms with van der Waals surface area (Å²) in [6.07, 6.45) is 0. The molecule has 1 aromatic carbocycles. The lowest BCUT2D eigenvalue weighted by Gasteiger charge is -2.19. The van der Waals surface area contributed by atoms with Crippen molar-refractivity contribution in [1.82, 2.24) is 5.32 Å². The summed E-state index contributed by atoms with van der Waals surface area (Å²) in [4.78, 5) is 12.0. The Morgan fingerprint density at radius 1 is 1.24 bits per heavy atom. The van der Waals surface area contributed by atoms with Crippen LogP contribution in [0.3, 0.4) is 0 Å². The number of hydrogen-bond donors (Lipinski definition) is 1. The second kappa shape index (κ2) is 8.56. The van der Waals surface area contributed by atoms with Crippen LogP contribution in [-0.2, 0) is 9.53 Å². The second-order valence-electron chi connectivity index (χ2n) is 4.93. The SMILES string of the molecule is CCOC(=O)C(NCC(C)C)c1ccc(OC(F)F)cc1. The molecule has 0 amide bonds. The normalized spacial score (nSPS) is 12.5. The van der Waals surface area contributed by atoms with Crippen molar-refractivity contribution in [3.8, 4) is 5.75 Å². The molecule has 1 rings (SSSR count). The fourth-order valence-electron chi connectivity index (χ4n) is 1.76. The maximum absolute atomic E-state index is 12.1. The van der Waals surface area contributed by atoms with Gasteiger partial charge >= 0.3 is 12.6 Å². The molecule has 4 nitrogen and oxygen atoms in total. The van der Waals surface area contributed by atoms with Gasteiger partial charge in [0.15, 0.2) is 0 Å². The van der Waals surface area contributed by atoms with E-state index in [1.807, 2.05) is 13.8 Å². The fourth-order valence-corrected chi connectivity index (χ4v) is 1.76. The molecule has 0 radical (unpaired) electrons. The molecule has 0 aliphatic carbocycles. The number of carbonyl (C=O) groups is 1. The van der Waals surface area contributed by atoms with Gasteiger partial charge in [-0.2, -0.15) is 8.78 Å². The number of hydrogen-bond acceptors (Lipinski definition) is 4. The van der Waals surface area contributed by atoms with Gasteiger partial charge in [-0.25, -0.2) is 4.79 Å². The minimum atomic E-state index is -2.87. The van der Waals surface area contributed by atoms with Crippen LogP contribution in [0.1, 0.15) is 32.4 Å². The predicted octanol–water partition coefficient (Wildman–Crippen LogP) is 3.14. The number of nitrogens with one attached hydrogen (secondary N) is 1. The van der Waals surface area contributed by atoms with Crippen molar-refractivity contribution in [2.24, 2.45) is 5.92 Å². The molecule has 0 spiro atoms. The van der Waals surface area contributed by atoms with Gasteiger partial charge in [0.2, 0.25) is 0 Å². The Kier molecular flexibility index (Phi) is 7.08. The van der Waals surface area contributed by atoms with E-state index in [1.165, 1.54) is 12.1 Å². The average Bonchev–Trinajstić information content (AvgIpc) is 2.40. The van der Waals surface area contributed by atoms with Crippen molar-refractivity contribution in [2.45, 2.75) is 33.4 Å². The minimum Gasteiger partial charge on any atom is -0.465 e. The van der Waals surface area contributed by atoms with Gasteiger partial charge < -0.3 is 14.8 Å². The maximum atomic E-state index is 12.1. The first-order valence-corrected chi connectivity index (χ1v) is 6.88. The Morgan fingerprint density at radius 3 is 2.33 bits per heavy atom. The van der Waals surface area contributed by atoms with Gasteiger partial charge in [0.25, 0.3) is 0 Å². The molecule has 0 fully saturated rings. The number of esters is 1. The van der Waals surface area contributed by atoms with E-state index in [0.29, 0.717) is 18.0 Å². The molecule has 0 aromatic heterocycles. The molecular formula is C15H21F2NO3. The highest BCUT2D eigenvalue weighted by Gasteiger charge is 2.21. The van der Waals surface area contributed by atoms with Crippen molar-refractivity contribution < 1.29 is 23.0 Å². The molecular weight excluding hydrogens is 280 g/mol. The van der Waals surface area contributed by atoms with Gasteiger partial charge in [0.1, 0.15) is 11.8 Å². The first-order valence-electron chi connectivity index (χ1n) is 6.88. The smallest absolute Gasteiger partial charge is 0.387 e. The van der Waals surface area contributed by atoms with E-state index in [9.17, 15) is 13.6 Å². The van der Waals surface area contributed by atoms with E-state index < -0.39 is 12.7 Å². The Balaban J connectivity index is 2.83. The van der Waals surface area contributed by atoms with Gasteiger partial charge in [0.05, 0.1) is 6.61 Å². The summed E-state index contributed by atoms with van der Waals surface area (Å²) >= 11 is 0. The van der Waals surface area contributed by atoms with E-state index in [1.54, 1.807) is 19.1 Å². The lowest BCUT2D eigenvalue weighted by Crippen LogP contribution is -2.32. The van der Waals surface area contributed by atoms with Crippen molar-refractivity contribution in [1.29, 1.82) is 0 Å². The summed E-state index contributed by atoms with van der Waals surface area (Å²) in [6, 6.07) is 5.35. The summed E-state index contributed by atoms with van der Waals surface area (Å²) in [5, 5.41) is 3.12. The Labute approximate surface area is 123 Å². The van der Waals surface area contributed by atoms with Crippen molar-refractivity contribution >= 4 is 5.97 Å². The lowest BCUT2D eigenvalue weighted by atomic mass is 10.1. The largest absolute Gasteiger partial charge is 0.465 e. The molecule has 0 heterocycles. The zero-order chi connectivity index (χ0) is 15.8. The molecule has 0 aliphatic rings. The van der Waals surface area contributed by atoms with Crippen LogP contribution < -0.4 is 10.1 Å². The van der Waals surface area contributed by atoms with Crippen LogP contribution >= 0.6 is 0 Å². The molecule has 0 bridgehead atoms. The molecule has 0 aliphatic heterocycles. The number of carbonyl (C=O) groups excluding carboxylic acids is 1. The Morgan fingerprint density at radius 2 is 1.86 bits per heavy atom. The third-order valence-electron chi connectivity index (χ3n) is 2.69. The predicted molar refractivity (Wildman–Crippen MR) is 75.3 cm³/mol. The van der Waals surface area contributed by atoms with Crippen LogP contribution in [0.5, 0.6) is 5.75 Å². The minimum absolute atomic E-state index is 0.0558. The topological polar surface area (TPSA) is 47.6 Å². The molecule has 1 atom stereocenters. The molecule has 21 heavy (non-hydrogen) atoms. The molecule has 0 saturated carbocycles. The third kappa shape index (κ3) is 6.08. The van der Waals surface area contributed by atoms with Crippen LogP contribution in [0.2, 0.25) is 0 Å². The van der Waals surface area contributed by atoms with Crippen LogP contribution in [0, 0.1) is 5.92 Å². The van der Waals surface area contributed by atoms with Gasteiger partial charge in [-0.3, -0.25) is 0 Å². The van der Waals surface area contributed by atoms with Gasteiger partial charge in [-0.15, -0.1) is 0 Å². The van der Waals surface area contributed by atoms with E-state index >= 15 is 0 Å². The molecule has 118 valence electrons. The average molecular weight is 301 g/mol. The van der Waals surface area contributed by atoms with Crippen LogP contribution in [-0.4, -0.2) is 25.7 Å². The standard InChI is InChI=1S/C15H21F2NO3/c1-4-20-14(19)13(18-9-10(2)3)11-5-7-12(8-6-11)21-15(16)17/h5-8,10,13,15,18H,4,9H2,1-3H3. The highest BCUT2D eigenvalue weighted by Crippen LogP contribution is 2.20. The summed E-state index contributed by atoms with van der Waals surface area (Å²) < 4.78 is 33.5. The van der Waals surface area contributed by atoms with Gasteiger partial charge in [-0.05, 0) is 37.1 Å². The number of alkyl halides is 2. The maximum Gasteiger partial charge on any atom is 0.387 e. The number of rotatable bonds is 8. The summed E-state index contributed by atoms with van der Waals surface area (Å²) in [5.74, 6) is 0.0317. The van der Waals surface area contributed by atoms with Crippen molar-refractivity contribution in [3.05, 3.63) is 29.8 Å². The first kappa shape index (κ1) is 17.4. The third-order valence-corrected chi connectivity index (χ3v) is 2.69. The molecule has 1 aromatic rings. The molecule has 1 N–H and O–H groups in total. The zero-order valence-corrected chi connectivity index (χ0v) is 12.4. The summed E-state index contributed by atoms with van der Waals surface area (Å²) in [5.41, 5.74) is 0.649. The zero-order valence-electron chi connectivity index (χ0n) is 12.4. The highest BCUT2D eigenvalue weighted by atomic mass is 19.3. The number of ether oxygens (including phenoxy) is 2. The second-order valence-corrected chi connectivity index (χ2v) is 4.93. The fraction of sp³-hybridized carbons (Fsp3) is 0.533. The first-order chi connectivity index (χ1) is 9.93. The van der Waals surface area contributed by atoms with Crippen molar-refractivity contribution in [2.75, 3.05) is 13.2 Å². The lowest BCUT2D eigenvalue weighted by molar-refractivity contribution is -0.145. The van der Waals surface area contributed by atoms with E-state index in [-0.39, 0.29) is 18.3 Å². The van der Waals surface area contributed by atoms with E-state index in [0.717, 1.165) is 0 Å². The van der Waals surface area contributed by atoms with E-state index in [4.69, 9.17) is 4.74 Å². The van der Waals surface area contributed by atoms with Crippen LogP contribution in [0.15, 0.2) is 24.3 Å². The van der Waals surface area contributed by atoms with Crippen LogP contribution in [0.4, 0.5) is 8.78 Å². The Hall–Kier alpha value is -1.69. The molecule has 6 heteroatoms. The Bertz CT molecular complexity index is 435. The highest BCUT2D eigenvalue weighted by molar-refractivity contribution is 5.77. The number of benzene rings is 1. The van der Waals surface area contributed by atoms with Crippen molar-refractivity contribution in [3.63, 3.8) is 0 Å². The van der Waals surface area contributed by atoms with Gasteiger partial charge in [0, 0.05) is 0 Å². The summed E-state index contributed by atoms with van der Waals surface area (Å²) in [7, 11) is 0. The number of halogens is 2. The van der Waals surface area contributed by atoms with E-state index in [2.05, 4.69) is 10.1 Å². The van der Waals surface area contributed by atoms with Gasteiger partial charge in [-0.1, -0.05) is 26.0 Å². The van der Waals surface area contributed by atoms with Crippen LogP contribution in [0.25, 0.3) is 0 Å². The summed E-state index contributed by atoms with van der Waals surface area (Å²) in [6.45, 7) is 3.83. The quantitative estimate of drug-likeness (QED) is 0.749.